The van der Waals surface area contributed by atoms with E-state index in [9.17, 15) is 20.6 Å². The number of nitrogens with zero attached hydrogens (tertiary/aromatic N) is 5. The zero-order valence-corrected chi connectivity index (χ0v) is 13.1. The summed E-state index contributed by atoms with van der Waals surface area (Å²) in [6.07, 6.45) is -2.64. The number of nitrogen functional groups attached to an aromatic ring is 1. The van der Waals surface area contributed by atoms with Crippen LogP contribution in [0.5, 0.6) is 0 Å². The largest absolute Gasteiger partial charge is 0.393 e. The van der Waals surface area contributed by atoms with Crippen molar-refractivity contribution in [3.8, 4) is 12.1 Å². The third-order valence-corrected chi connectivity index (χ3v) is 4.60. The smallest absolute Gasteiger partial charge is 0.152 e. The first-order valence-electron chi connectivity index (χ1n) is 7.45. The van der Waals surface area contributed by atoms with E-state index in [0.717, 1.165) is 0 Å². The standard InChI is InChI=1S/C15H16N6O4/c16-5-3-14(7-22)11(23)12(24)15(25-14,4-6-17)10-2-1-9-13(18)19-8-20-21(9)10/h1-2,8,11-12,22-24H,3-4,7H2,(H2,18,19,20)/t11-,12+,14+,15+/m0/s1. The molecule has 0 bridgehead atoms. The molecule has 0 amide bonds. The van der Waals surface area contributed by atoms with Crippen LogP contribution in [0.1, 0.15) is 18.5 Å². The molecule has 2 aromatic rings. The van der Waals surface area contributed by atoms with Crippen LogP contribution in [0, 0.1) is 22.7 Å². The Labute approximate surface area is 142 Å². The van der Waals surface area contributed by atoms with Gasteiger partial charge in [0.2, 0.25) is 0 Å². The van der Waals surface area contributed by atoms with Crippen molar-refractivity contribution in [1.29, 1.82) is 10.5 Å². The van der Waals surface area contributed by atoms with Crippen molar-refractivity contribution < 1.29 is 20.1 Å². The Kier molecular flexibility index (Phi) is 4.06. The first kappa shape index (κ1) is 17.1. The molecule has 3 heterocycles. The predicted octanol–water partition coefficient (Wildman–Crippen LogP) is -1.18. The monoisotopic (exact) mass is 344 g/mol. The molecule has 4 atom stereocenters. The number of fused-ring (bicyclic) bond motifs is 1. The number of hydrogen-bond donors (Lipinski definition) is 4. The number of aromatic nitrogens is 3. The molecule has 1 fully saturated rings. The Balaban J connectivity index is 2.22. The number of nitrogens with two attached hydrogens (primary N) is 1. The summed E-state index contributed by atoms with van der Waals surface area (Å²) in [6.45, 7) is -0.702. The van der Waals surface area contributed by atoms with Crippen molar-refractivity contribution in [2.24, 2.45) is 0 Å². The molecule has 1 saturated heterocycles. The number of hydrogen-bond acceptors (Lipinski definition) is 9. The lowest BCUT2D eigenvalue weighted by Crippen LogP contribution is -2.46. The number of aliphatic hydroxyl groups is 3. The maximum absolute atomic E-state index is 10.7. The summed E-state index contributed by atoms with van der Waals surface area (Å²) >= 11 is 0. The third-order valence-electron chi connectivity index (χ3n) is 4.60. The van der Waals surface area contributed by atoms with E-state index in [-0.39, 0.29) is 24.4 Å². The van der Waals surface area contributed by atoms with Crippen molar-refractivity contribution >= 4 is 11.3 Å². The summed E-state index contributed by atoms with van der Waals surface area (Å²) in [4.78, 5) is 3.87. The molecule has 2 aromatic heterocycles. The SMILES string of the molecule is N#CC[C@]1(CO)O[C@](CC#N)(c2ccc3c(N)ncnn23)[C@H](O)[C@@H]1O. The molecular formula is C15H16N6O4. The zero-order chi connectivity index (χ0) is 18.2. The highest BCUT2D eigenvalue weighted by Gasteiger charge is 2.63. The molecule has 130 valence electrons. The average Bonchev–Trinajstić information content (AvgIpc) is 3.12. The molecule has 0 radical (unpaired) electrons. The van der Waals surface area contributed by atoms with Crippen LogP contribution < -0.4 is 5.73 Å². The van der Waals surface area contributed by atoms with Crippen LogP contribution >= 0.6 is 0 Å². The van der Waals surface area contributed by atoms with Crippen molar-refractivity contribution in [2.75, 3.05) is 12.3 Å². The van der Waals surface area contributed by atoms with Gasteiger partial charge in [-0.3, -0.25) is 0 Å². The Hall–Kier alpha value is -2.76. The van der Waals surface area contributed by atoms with Crippen molar-refractivity contribution in [3.05, 3.63) is 24.2 Å². The van der Waals surface area contributed by atoms with E-state index in [2.05, 4.69) is 10.1 Å². The number of rotatable bonds is 4. The molecule has 10 nitrogen and oxygen atoms in total. The number of ether oxygens (including phenoxy) is 1. The minimum absolute atomic E-state index is 0.187. The van der Waals surface area contributed by atoms with Crippen LogP contribution in [0.3, 0.4) is 0 Å². The van der Waals surface area contributed by atoms with Gasteiger partial charge in [-0.05, 0) is 12.1 Å². The minimum Gasteiger partial charge on any atom is -0.393 e. The van der Waals surface area contributed by atoms with Gasteiger partial charge in [0.1, 0.15) is 29.7 Å². The third kappa shape index (κ3) is 2.24. The van der Waals surface area contributed by atoms with Gasteiger partial charge in [0.25, 0.3) is 0 Å². The van der Waals surface area contributed by atoms with Gasteiger partial charge in [0.15, 0.2) is 11.4 Å². The molecule has 10 heteroatoms. The average molecular weight is 344 g/mol. The number of nitriles is 2. The lowest BCUT2D eigenvalue weighted by atomic mass is 9.85. The van der Waals surface area contributed by atoms with Crippen LogP contribution in [0.2, 0.25) is 0 Å². The second kappa shape index (κ2) is 5.95. The second-order valence-corrected chi connectivity index (χ2v) is 5.93. The van der Waals surface area contributed by atoms with Crippen LogP contribution in [0.25, 0.3) is 5.52 Å². The van der Waals surface area contributed by atoms with E-state index >= 15 is 0 Å². The molecule has 25 heavy (non-hydrogen) atoms. The molecule has 0 spiro atoms. The molecule has 0 saturated carbocycles. The molecule has 1 aliphatic heterocycles. The van der Waals surface area contributed by atoms with Crippen molar-refractivity contribution in [2.45, 2.75) is 36.3 Å². The fourth-order valence-electron chi connectivity index (χ4n) is 3.31. The Morgan fingerprint density at radius 2 is 1.96 bits per heavy atom. The molecule has 0 aliphatic carbocycles. The fourth-order valence-corrected chi connectivity index (χ4v) is 3.31. The van der Waals surface area contributed by atoms with E-state index in [4.69, 9.17) is 15.7 Å². The predicted molar refractivity (Wildman–Crippen MR) is 82.5 cm³/mol. The Bertz CT molecular complexity index is 886. The summed E-state index contributed by atoms with van der Waals surface area (Å²) < 4.78 is 7.22. The molecular weight excluding hydrogens is 328 g/mol. The topological polar surface area (TPSA) is 174 Å². The molecule has 0 aromatic carbocycles. The van der Waals surface area contributed by atoms with Crippen LogP contribution in [-0.2, 0) is 10.3 Å². The van der Waals surface area contributed by atoms with Crippen molar-refractivity contribution in [3.63, 3.8) is 0 Å². The Morgan fingerprint density at radius 1 is 1.24 bits per heavy atom. The van der Waals surface area contributed by atoms with Gasteiger partial charge in [-0.25, -0.2) is 9.50 Å². The highest BCUT2D eigenvalue weighted by Crippen LogP contribution is 2.48. The normalized spacial score (nSPS) is 31.7. The summed E-state index contributed by atoms with van der Waals surface area (Å²) in [5.41, 5.74) is 3.09. The second-order valence-electron chi connectivity index (χ2n) is 5.93. The molecule has 1 aliphatic rings. The molecule has 3 rings (SSSR count). The molecule has 0 unspecified atom stereocenters. The summed E-state index contributed by atoms with van der Waals surface area (Å²) in [5.74, 6) is 0.187. The van der Waals surface area contributed by atoms with Crippen LogP contribution in [0.15, 0.2) is 18.5 Å². The quantitative estimate of drug-likeness (QED) is 0.532. The van der Waals surface area contributed by atoms with E-state index in [1.807, 2.05) is 12.1 Å². The van der Waals surface area contributed by atoms with Gasteiger partial charge in [0, 0.05) is 0 Å². The minimum atomic E-state index is -1.71. The van der Waals surface area contributed by atoms with E-state index in [0.29, 0.717) is 5.52 Å². The maximum atomic E-state index is 10.7. The Morgan fingerprint density at radius 3 is 2.60 bits per heavy atom. The number of aliphatic hydroxyl groups excluding tert-OH is 3. The fraction of sp³-hybridized carbons (Fsp3) is 0.467. The van der Waals surface area contributed by atoms with Crippen LogP contribution in [-0.4, -0.2) is 54.3 Å². The first-order valence-corrected chi connectivity index (χ1v) is 7.45. The van der Waals surface area contributed by atoms with Gasteiger partial charge >= 0.3 is 0 Å². The van der Waals surface area contributed by atoms with Gasteiger partial charge in [-0.1, -0.05) is 0 Å². The zero-order valence-electron chi connectivity index (χ0n) is 13.1. The van der Waals surface area contributed by atoms with E-state index < -0.39 is 30.0 Å². The summed E-state index contributed by atoms with van der Waals surface area (Å²) in [5, 5.41) is 53.2. The summed E-state index contributed by atoms with van der Waals surface area (Å²) in [6, 6.07) is 6.90. The molecule has 5 N–H and O–H groups in total. The van der Waals surface area contributed by atoms with Gasteiger partial charge in [0.05, 0.1) is 37.3 Å². The highest BCUT2D eigenvalue weighted by atomic mass is 16.6. The highest BCUT2D eigenvalue weighted by molar-refractivity contribution is 5.65. The van der Waals surface area contributed by atoms with Crippen molar-refractivity contribution in [1.82, 2.24) is 14.6 Å². The summed E-state index contributed by atoms with van der Waals surface area (Å²) in [7, 11) is 0. The van der Waals surface area contributed by atoms with E-state index in [1.165, 1.54) is 10.8 Å². The van der Waals surface area contributed by atoms with Gasteiger partial charge in [-0.2, -0.15) is 15.6 Å². The maximum Gasteiger partial charge on any atom is 0.152 e. The van der Waals surface area contributed by atoms with E-state index in [1.54, 1.807) is 12.1 Å². The van der Waals surface area contributed by atoms with Gasteiger partial charge < -0.3 is 25.8 Å². The van der Waals surface area contributed by atoms with Crippen LogP contribution in [0.4, 0.5) is 5.82 Å². The lowest BCUT2D eigenvalue weighted by molar-refractivity contribution is -0.153. The number of anilines is 1. The lowest BCUT2D eigenvalue weighted by Gasteiger charge is -2.31. The first-order chi connectivity index (χ1) is 12.0. The van der Waals surface area contributed by atoms with Gasteiger partial charge in [-0.15, -0.1) is 0 Å².